The van der Waals surface area contributed by atoms with Crippen LogP contribution < -0.4 is 5.73 Å². The fourth-order valence-corrected chi connectivity index (χ4v) is 4.05. The van der Waals surface area contributed by atoms with Crippen molar-refractivity contribution < 1.29 is 4.74 Å². The van der Waals surface area contributed by atoms with E-state index in [1.165, 1.54) is 12.2 Å². The summed E-state index contributed by atoms with van der Waals surface area (Å²) in [5.74, 6) is 3.08. The number of ether oxygens (including phenoxy) is 1. The van der Waals surface area contributed by atoms with Gasteiger partial charge in [-0.05, 0) is 25.0 Å². The van der Waals surface area contributed by atoms with Crippen molar-refractivity contribution >= 4 is 11.8 Å². The van der Waals surface area contributed by atoms with E-state index in [0.29, 0.717) is 12.6 Å². The summed E-state index contributed by atoms with van der Waals surface area (Å²) < 4.78 is 7.99. The fraction of sp³-hybridized carbons (Fsp3) is 0.818. The predicted molar refractivity (Wildman–Crippen MR) is 66.8 cm³/mol. The van der Waals surface area contributed by atoms with E-state index in [2.05, 4.69) is 10.1 Å². The Bertz CT molecular complexity index is 389. The summed E-state index contributed by atoms with van der Waals surface area (Å²) in [7, 11) is 0. The van der Waals surface area contributed by atoms with Gasteiger partial charge in [-0.25, -0.2) is 9.67 Å². The van der Waals surface area contributed by atoms with Gasteiger partial charge in [0.15, 0.2) is 5.82 Å². The summed E-state index contributed by atoms with van der Waals surface area (Å²) in [5.41, 5.74) is 5.64. The minimum absolute atomic E-state index is 0.0996. The number of thioether (sulfide) groups is 1. The first-order chi connectivity index (χ1) is 8.31. The van der Waals surface area contributed by atoms with Crippen LogP contribution in [0.4, 0.5) is 0 Å². The van der Waals surface area contributed by atoms with Gasteiger partial charge in [-0.2, -0.15) is 16.9 Å². The Morgan fingerprint density at radius 1 is 1.65 bits per heavy atom. The zero-order valence-corrected chi connectivity index (χ0v) is 10.7. The molecule has 17 heavy (non-hydrogen) atoms. The normalized spacial score (nSPS) is 33.4. The highest BCUT2D eigenvalue weighted by atomic mass is 32.2. The summed E-state index contributed by atoms with van der Waals surface area (Å²) >= 11 is 2.00. The third-order valence-corrected chi connectivity index (χ3v) is 4.87. The van der Waals surface area contributed by atoms with E-state index in [0.717, 1.165) is 31.0 Å². The average molecular weight is 254 g/mol. The molecule has 94 valence electrons. The van der Waals surface area contributed by atoms with Gasteiger partial charge in [0.25, 0.3) is 0 Å². The van der Waals surface area contributed by atoms with E-state index in [1.807, 2.05) is 22.8 Å². The third-order valence-electron chi connectivity index (χ3n) is 3.65. The average Bonchev–Trinajstić information content (AvgIpc) is 2.99. The summed E-state index contributed by atoms with van der Waals surface area (Å²) in [5, 5.41) is 4.43. The van der Waals surface area contributed by atoms with Gasteiger partial charge >= 0.3 is 0 Å². The Balaban J connectivity index is 1.74. The van der Waals surface area contributed by atoms with Crippen molar-refractivity contribution in [2.24, 2.45) is 5.73 Å². The van der Waals surface area contributed by atoms with Crippen molar-refractivity contribution in [1.29, 1.82) is 0 Å². The lowest BCUT2D eigenvalue weighted by Crippen LogP contribution is -2.40. The molecule has 2 saturated heterocycles. The predicted octanol–water partition coefficient (Wildman–Crippen LogP) is 0.964. The minimum Gasteiger partial charge on any atom is -0.374 e. The van der Waals surface area contributed by atoms with Crippen molar-refractivity contribution in [3.05, 3.63) is 12.2 Å². The number of hydrogen-bond donors (Lipinski definition) is 1. The van der Waals surface area contributed by atoms with E-state index >= 15 is 0 Å². The molecule has 1 spiro atoms. The first-order valence-electron chi connectivity index (χ1n) is 6.13. The number of rotatable bonds is 2. The summed E-state index contributed by atoms with van der Waals surface area (Å²) in [6.07, 6.45) is 5.08. The maximum Gasteiger partial charge on any atom is 0.164 e. The Morgan fingerprint density at radius 2 is 2.59 bits per heavy atom. The summed E-state index contributed by atoms with van der Waals surface area (Å²) in [6, 6.07) is 0.426. The number of nitrogens with zero attached hydrogens (tertiary/aromatic N) is 3. The van der Waals surface area contributed by atoms with Gasteiger partial charge in [0, 0.05) is 12.4 Å². The molecule has 0 bridgehead atoms. The summed E-state index contributed by atoms with van der Waals surface area (Å²) in [6.45, 7) is 1.25. The molecule has 0 amide bonds. The second-order valence-corrected chi connectivity index (χ2v) is 5.93. The van der Waals surface area contributed by atoms with Gasteiger partial charge in [0.1, 0.15) is 6.33 Å². The molecule has 5 nitrogen and oxygen atoms in total. The molecule has 2 atom stereocenters. The molecule has 3 heterocycles. The maximum absolute atomic E-state index is 6.00. The van der Waals surface area contributed by atoms with E-state index in [-0.39, 0.29) is 5.60 Å². The van der Waals surface area contributed by atoms with Gasteiger partial charge in [-0.15, -0.1) is 0 Å². The van der Waals surface area contributed by atoms with Crippen LogP contribution in [0, 0.1) is 0 Å². The van der Waals surface area contributed by atoms with Crippen LogP contribution in [0.1, 0.15) is 31.1 Å². The van der Waals surface area contributed by atoms with E-state index in [9.17, 15) is 0 Å². The highest BCUT2D eigenvalue weighted by Gasteiger charge is 2.41. The largest absolute Gasteiger partial charge is 0.374 e. The van der Waals surface area contributed by atoms with Crippen LogP contribution in [0.15, 0.2) is 6.33 Å². The quantitative estimate of drug-likeness (QED) is 0.851. The van der Waals surface area contributed by atoms with Gasteiger partial charge < -0.3 is 10.5 Å². The van der Waals surface area contributed by atoms with Gasteiger partial charge in [-0.1, -0.05) is 0 Å². The van der Waals surface area contributed by atoms with Crippen LogP contribution in [-0.2, 0) is 11.3 Å². The van der Waals surface area contributed by atoms with Crippen molar-refractivity contribution in [2.45, 2.75) is 37.5 Å². The van der Waals surface area contributed by atoms with Crippen molar-refractivity contribution in [3.63, 3.8) is 0 Å². The zero-order valence-electron chi connectivity index (χ0n) is 9.84. The van der Waals surface area contributed by atoms with E-state index in [4.69, 9.17) is 10.5 Å². The van der Waals surface area contributed by atoms with Gasteiger partial charge in [0.05, 0.1) is 18.2 Å². The molecule has 3 rings (SSSR count). The molecule has 1 aromatic rings. The van der Waals surface area contributed by atoms with Crippen molar-refractivity contribution in [3.8, 4) is 0 Å². The molecule has 2 unspecified atom stereocenters. The highest BCUT2D eigenvalue weighted by Crippen LogP contribution is 2.41. The second-order valence-electron chi connectivity index (χ2n) is 4.83. The van der Waals surface area contributed by atoms with Gasteiger partial charge in [-0.3, -0.25) is 0 Å². The molecule has 2 aliphatic heterocycles. The smallest absolute Gasteiger partial charge is 0.164 e. The number of aromatic nitrogens is 3. The molecule has 2 N–H and O–H groups in total. The highest BCUT2D eigenvalue weighted by molar-refractivity contribution is 7.99. The number of hydrogen-bond acceptors (Lipinski definition) is 5. The number of nitrogens with two attached hydrogens (primary N) is 1. The van der Waals surface area contributed by atoms with Crippen LogP contribution in [0.3, 0.4) is 0 Å². The molecule has 0 aromatic carbocycles. The van der Waals surface area contributed by atoms with E-state index in [1.54, 1.807) is 0 Å². The molecular weight excluding hydrogens is 236 g/mol. The lowest BCUT2D eigenvalue weighted by atomic mass is 9.90. The lowest BCUT2D eigenvalue weighted by molar-refractivity contribution is -0.0779. The van der Waals surface area contributed by atoms with Crippen LogP contribution in [0.25, 0.3) is 0 Å². The zero-order chi connectivity index (χ0) is 11.7. The Hall–Kier alpha value is -0.590. The van der Waals surface area contributed by atoms with Crippen LogP contribution >= 0.6 is 11.8 Å². The molecule has 1 aromatic heterocycles. The first-order valence-corrected chi connectivity index (χ1v) is 7.29. The molecular formula is C11H18N4OS. The second kappa shape index (κ2) is 4.59. The van der Waals surface area contributed by atoms with Crippen LogP contribution in [0.5, 0.6) is 0 Å². The molecule has 2 aliphatic rings. The Kier molecular flexibility index (Phi) is 3.10. The Labute approximate surface area is 105 Å². The lowest BCUT2D eigenvalue weighted by Gasteiger charge is -2.37. The van der Waals surface area contributed by atoms with Crippen molar-refractivity contribution in [2.75, 3.05) is 18.1 Å². The molecule has 0 aliphatic carbocycles. The standard InChI is InChI=1S/C11H18N4OS/c12-6-10-13-8-15(14-10)9-1-3-16-11(5-9)2-4-17-7-11/h8-9H,1-7,12H2. The van der Waals surface area contributed by atoms with Gasteiger partial charge in [0.2, 0.25) is 0 Å². The molecule has 0 saturated carbocycles. The monoisotopic (exact) mass is 254 g/mol. The molecule has 0 radical (unpaired) electrons. The Morgan fingerprint density at radius 3 is 3.29 bits per heavy atom. The maximum atomic E-state index is 6.00. The topological polar surface area (TPSA) is 66.0 Å². The van der Waals surface area contributed by atoms with Crippen LogP contribution in [-0.4, -0.2) is 38.5 Å². The van der Waals surface area contributed by atoms with E-state index < -0.39 is 0 Å². The third kappa shape index (κ3) is 2.21. The van der Waals surface area contributed by atoms with Crippen LogP contribution in [0.2, 0.25) is 0 Å². The molecule has 2 fully saturated rings. The first kappa shape index (κ1) is 11.5. The fourth-order valence-electron chi connectivity index (χ4n) is 2.67. The van der Waals surface area contributed by atoms with Crippen molar-refractivity contribution in [1.82, 2.24) is 14.8 Å². The SMILES string of the molecule is NCc1ncn(C2CCOC3(CCSC3)C2)n1. The molecule has 6 heteroatoms. The summed E-state index contributed by atoms with van der Waals surface area (Å²) in [4.78, 5) is 4.21. The minimum atomic E-state index is 0.0996.